The molecule has 3 aromatic carbocycles. The Labute approximate surface area is 177 Å². The number of fused-ring (bicyclic) bond motifs is 1. The minimum Gasteiger partial charge on any atom is -0.460 e. The molecule has 0 saturated heterocycles. The van der Waals surface area contributed by atoms with Crippen molar-refractivity contribution in [3.63, 3.8) is 0 Å². The molecule has 0 aliphatic heterocycles. The number of aromatic amines is 1. The van der Waals surface area contributed by atoms with E-state index in [4.69, 9.17) is 14.5 Å². The molecule has 0 fully saturated rings. The van der Waals surface area contributed by atoms with Gasteiger partial charge >= 0.3 is 0 Å². The molecule has 2 aromatic heterocycles. The highest BCUT2D eigenvalue weighted by atomic mass is 32.2. The third-order valence-electron chi connectivity index (χ3n) is 5.02. The van der Waals surface area contributed by atoms with Crippen molar-refractivity contribution in [2.75, 3.05) is 0 Å². The molecule has 5 rings (SSSR count). The molecule has 0 unspecified atom stereocenters. The Bertz CT molecular complexity index is 1500. The third-order valence-corrected chi connectivity index (χ3v) is 5.95. The van der Waals surface area contributed by atoms with Gasteiger partial charge in [-0.2, -0.15) is 0 Å². The first-order chi connectivity index (χ1) is 14.9. The van der Waals surface area contributed by atoms with Crippen molar-refractivity contribution in [1.82, 2.24) is 9.97 Å². The summed E-state index contributed by atoms with van der Waals surface area (Å²) >= 11 is 0. The number of imidazole rings is 1. The first kappa shape index (κ1) is 19.2. The van der Waals surface area contributed by atoms with E-state index < -0.39 is 10.0 Å². The average molecular weight is 433 g/mol. The molecule has 0 radical (unpaired) electrons. The van der Waals surface area contributed by atoms with Crippen LogP contribution in [0, 0.1) is 5.82 Å². The molecule has 8 heteroatoms. The van der Waals surface area contributed by atoms with Gasteiger partial charge in [-0.05, 0) is 36.4 Å². The summed E-state index contributed by atoms with van der Waals surface area (Å²) in [5.41, 5.74) is 2.62. The van der Waals surface area contributed by atoms with Crippen molar-refractivity contribution in [3.05, 3.63) is 84.9 Å². The standard InChI is InChI=1S/C23H16FN3O3S/c24-17-9-5-14(6-10-17)20-21(15-7-11-18(12-8-15)31(25,28)29)27-23(26-20)22-19-4-2-1-3-16(19)13-30-22/h1-13H,(H,26,27)(H2,25,28,29). The number of nitrogens with one attached hydrogen (secondary N) is 1. The number of aromatic nitrogens is 2. The Morgan fingerprint density at radius 2 is 1.58 bits per heavy atom. The van der Waals surface area contributed by atoms with Crippen LogP contribution in [0.15, 0.2) is 88.4 Å². The number of benzene rings is 3. The number of sulfonamides is 1. The van der Waals surface area contributed by atoms with Crippen molar-refractivity contribution in [2.24, 2.45) is 5.14 Å². The first-order valence-electron chi connectivity index (χ1n) is 9.36. The molecule has 0 aliphatic carbocycles. The van der Waals surface area contributed by atoms with Gasteiger partial charge in [0.05, 0.1) is 22.5 Å². The van der Waals surface area contributed by atoms with Crippen LogP contribution in [0.1, 0.15) is 0 Å². The van der Waals surface area contributed by atoms with Gasteiger partial charge in [0.15, 0.2) is 11.6 Å². The molecule has 0 bridgehead atoms. The van der Waals surface area contributed by atoms with Gasteiger partial charge in [-0.15, -0.1) is 0 Å². The zero-order valence-corrected chi connectivity index (χ0v) is 16.9. The fourth-order valence-corrected chi connectivity index (χ4v) is 4.01. The molecule has 0 atom stereocenters. The van der Waals surface area contributed by atoms with Gasteiger partial charge in [-0.25, -0.2) is 22.9 Å². The Balaban J connectivity index is 1.70. The number of hydrogen-bond donors (Lipinski definition) is 2. The average Bonchev–Trinajstić information content (AvgIpc) is 3.38. The van der Waals surface area contributed by atoms with Gasteiger partial charge in [0, 0.05) is 21.9 Å². The number of halogens is 1. The summed E-state index contributed by atoms with van der Waals surface area (Å²) in [7, 11) is -3.81. The summed E-state index contributed by atoms with van der Waals surface area (Å²) in [6.07, 6.45) is 1.66. The molecule has 5 aromatic rings. The van der Waals surface area contributed by atoms with E-state index in [9.17, 15) is 12.8 Å². The minimum atomic E-state index is -3.81. The fraction of sp³-hybridized carbons (Fsp3) is 0. The fourth-order valence-electron chi connectivity index (χ4n) is 3.49. The molecule has 0 amide bonds. The Morgan fingerprint density at radius 3 is 2.29 bits per heavy atom. The number of hydrogen-bond acceptors (Lipinski definition) is 4. The maximum atomic E-state index is 13.5. The summed E-state index contributed by atoms with van der Waals surface area (Å²) in [6.45, 7) is 0. The number of rotatable bonds is 4. The smallest absolute Gasteiger partial charge is 0.238 e. The van der Waals surface area contributed by atoms with Crippen LogP contribution in [0.25, 0.3) is 44.9 Å². The van der Waals surface area contributed by atoms with Crippen LogP contribution >= 0.6 is 0 Å². The number of primary sulfonamides is 1. The maximum absolute atomic E-state index is 13.5. The lowest BCUT2D eigenvalue weighted by Gasteiger charge is -2.04. The molecule has 0 aliphatic rings. The van der Waals surface area contributed by atoms with Gasteiger partial charge in [0.1, 0.15) is 5.82 Å². The minimum absolute atomic E-state index is 0.00682. The van der Waals surface area contributed by atoms with E-state index in [1.165, 1.54) is 24.3 Å². The van der Waals surface area contributed by atoms with Crippen molar-refractivity contribution in [1.29, 1.82) is 0 Å². The van der Waals surface area contributed by atoms with E-state index in [0.717, 1.165) is 16.3 Å². The van der Waals surface area contributed by atoms with Gasteiger partial charge in [-0.1, -0.05) is 36.4 Å². The van der Waals surface area contributed by atoms with Crippen LogP contribution in [0.4, 0.5) is 4.39 Å². The van der Waals surface area contributed by atoms with E-state index in [1.54, 1.807) is 30.5 Å². The predicted octanol–water partition coefficient (Wildman–Crippen LogP) is 4.94. The van der Waals surface area contributed by atoms with E-state index in [1.807, 2.05) is 24.3 Å². The van der Waals surface area contributed by atoms with E-state index >= 15 is 0 Å². The zero-order chi connectivity index (χ0) is 21.6. The summed E-state index contributed by atoms with van der Waals surface area (Å²) in [4.78, 5) is 8.03. The molecule has 2 heterocycles. The molecule has 3 N–H and O–H groups in total. The topological polar surface area (TPSA) is 102 Å². The zero-order valence-electron chi connectivity index (χ0n) is 16.0. The molecular weight excluding hydrogens is 417 g/mol. The Hall–Kier alpha value is -3.75. The number of furan rings is 1. The lowest BCUT2D eigenvalue weighted by Crippen LogP contribution is -2.11. The van der Waals surface area contributed by atoms with E-state index in [2.05, 4.69) is 4.98 Å². The van der Waals surface area contributed by atoms with Crippen molar-refractivity contribution in [3.8, 4) is 34.1 Å². The van der Waals surface area contributed by atoms with Gasteiger partial charge in [-0.3, -0.25) is 0 Å². The largest absolute Gasteiger partial charge is 0.460 e. The maximum Gasteiger partial charge on any atom is 0.238 e. The molecule has 0 spiro atoms. The highest BCUT2D eigenvalue weighted by molar-refractivity contribution is 7.89. The second-order valence-corrected chi connectivity index (χ2v) is 8.60. The second-order valence-electron chi connectivity index (χ2n) is 7.04. The molecule has 6 nitrogen and oxygen atoms in total. The van der Waals surface area contributed by atoms with Gasteiger partial charge in [0.25, 0.3) is 0 Å². The van der Waals surface area contributed by atoms with Crippen LogP contribution in [0.5, 0.6) is 0 Å². The summed E-state index contributed by atoms with van der Waals surface area (Å²) in [6, 6.07) is 19.9. The lowest BCUT2D eigenvalue weighted by molar-refractivity contribution is 0.583. The summed E-state index contributed by atoms with van der Waals surface area (Å²) in [5.74, 6) is 0.733. The van der Waals surface area contributed by atoms with E-state index in [0.29, 0.717) is 28.5 Å². The van der Waals surface area contributed by atoms with E-state index in [-0.39, 0.29) is 10.7 Å². The monoisotopic (exact) mass is 433 g/mol. The third kappa shape index (κ3) is 3.52. The van der Waals surface area contributed by atoms with Crippen molar-refractivity contribution in [2.45, 2.75) is 4.90 Å². The lowest BCUT2D eigenvalue weighted by atomic mass is 10.1. The highest BCUT2D eigenvalue weighted by Gasteiger charge is 2.19. The van der Waals surface area contributed by atoms with Gasteiger partial charge < -0.3 is 9.40 Å². The Morgan fingerprint density at radius 1 is 0.903 bits per heavy atom. The van der Waals surface area contributed by atoms with Crippen LogP contribution in [0.3, 0.4) is 0 Å². The summed E-state index contributed by atoms with van der Waals surface area (Å²) in [5, 5.41) is 7.05. The van der Waals surface area contributed by atoms with Crippen molar-refractivity contribution >= 4 is 20.8 Å². The Kier molecular flexibility index (Phi) is 4.46. The number of H-pyrrole nitrogens is 1. The molecular formula is C23H16FN3O3S. The number of nitrogens with two attached hydrogens (primary N) is 1. The first-order valence-corrected chi connectivity index (χ1v) is 10.9. The second kappa shape index (κ2) is 7.19. The van der Waals surface area contributed by atoms with Crippen LogP contribution < -0.4 is 5.14 Å². The normalized spacial score (nSPS) is 11.8. The van der Waals surface area contributed by atoms with Gasteiger partial charge in [0.2, 0.25) is 10.0 Å². The van der Waals surface area contributed by atoms with Crippen LogP contribution in [-0.4, -0.2) is 18.4 Å². The molecule has 154 valence electrons. The predicted molar refractivity (Wildman–Crippen MR) is 116 cm³/mol. The SMILES string of the molecule is NS(=O)(=O)c1ccc(-c2nc(-c3occ4ccccc34)[nH]c2-c2ccc(F)cc2)cc1. The molecule has 0 saturated carbocycles. The quantitative estimate of drug-likeness (QED) is 0.419. The van der Waals surface area contributed by atoms with Crippen LogP contribution in [0.2, 0.25) is 0 Å². The highest BCUT2D eigenvalue weighted by Crippen LogP contribution is 2.36. The van der Waals surface area contributed by atoms with Crippen molar-refractivity contribution < 1.29 is 17.2 Å². The summed E-state index contributed by atoms with van der Waals surface area (Å²) < 4.78 is 42.4. The molecule has 31 heavy (non-hydrogen) atoms. The van der Waals surface area contributed by atoms with Crippen LogP contribution in [-0.2, 0) is 10.0 Å². The number of nitrogens with zero attached hydrogens (tertiary/aromatic N) is 1.